The van der Waals surface area contributed by atoms with Crippen LogP contribution in [0.4, 0.5) is 29.7 Å². The summed E-state index contributed by atoms with van der Waals surface area (Å²) >= 11 is 0. The van der Waals surface area contributed by atoms with Crippen LogP contribution in [0.25, 0.3) is 0 Å². The Hall–Kier alpha value is -3.11. The highest BCUT2D eigenvalue weighted by Gasteiger charge is 2.43. The van der Waals surface area contributed by atoms with Gasteiger partial charge in [0.25, 0.3) is 0 Å². The van der Waals surface area contributed by atoms with Crippen molar-refractivity contribution in [1.29, 1.82) is 0 Å². The van der Waals surface area contributed by atoms with Crippen molar-refractivity contribution in [1.82, 2.24) is 10.6 Å². The second-order valence-electron chi connectivity index (χ2n) is 7.53. The molecular formula is C19H22F2N4O5. The Morgan fingerprint density at radius 3 is 2.60 bits per heavy atom. The van der Waals surface area contributed by atoms with Gasteiger partial charge in [-0.2, -0.15) is 0 Å². The first-order valence-corrected chi connectivity index (χ1v) is 9.81. The number of cyclic esters (lactones) is 1. The Bertz CT molecular complexity index is 843. The molecule has 0 aliphatic carbocycles. The van der Waals surface area contributed by atoms with Crippen LogP contribution >= 0.6 is 0 Å². The molecule has 11 heteroatoms. The number of amides is 3. The average molecular weight is 424 g/mol. The predicted octanol–water partition coefficient (Wildman–Crippen LogP) is 1.50. The first kappa shape index (κ1) is 20.2. The van der Waals surface area contributed by atoms with Crippen LogP contribution in [-0.2, 0) is 14.3 Å². The summed E-state index contributed by atoms with van der Waals surface area (Å²) in [6.07, 6.45) is -1.27. The number of rotatable bonds is 6. The number of hydrogen-bond donors (Lipinski definition) is 2. The number of nitrogens with one attached hydrogen (secondary N) is 2. The summed E-state index contributed by atoms with van der Waals surface area (Å²) in [5.74, 6) is -1.81. The summed E-state index contributed by atoms with van der Waals surface area (Å²) < 4.78 is 39.8. The van der Waals surface area contributed by atoms with Crippen LogP contribution in [0.5, 0.6) is 0 Å². The van der Waals surface area contributed by atoms with Gasteiger partial charge in [-0.3, -0.25) is 9.69 Å². The van der Waals surface area contributed by atoms with E-state index < -0.39 is 36.0 Å². The summed E-state index contributed by atoms with van der Waals surface area (Å²) in [6, 6.07) is 1.82. The number of fused-ring (bicyclic) bond motifs is 1. The zero-order chi connectivity index (χ0) is 21.4. The van der Waals surface area contributed by atoms with Crippen molar-refractivity contribution in [2.75, 3.05) is 36.0 Å². The van der Waals surface area contributed by atoms with Crippen LogP contribution in [0.2, 0.25) is 0 Å². The van der Waals surface area contributed by atoms with Gasteiger partial charge in [0.15, 0.2) is 11.6 Å². The maximum Gasteiger partial charge on any atom is 0.414 e. The third kappa shape index (κ3) is 3.83. The van der Waals surface area contributed by atoms with Crippen molar-refractivity contribution in [3.63, 3.8) is 0 Å². The smallest absolute Gasteiger partial charge is 0.414 e. The van der Waals surface area contributed by atoms with E-state index in [1.807, 2.05) is 6.92 Å². The van der Waals surface area contributed by atoms with E-state index in [0.29, 0.717) is 12.8 Å². The number of alkyl carbamates (subject to hydrolysis) is 1. The molecule has 0 spiro atoms. The number of carbonyl (C=O) groups is 3. The highest BCUT2D eigenvalue weighted by atomic mass is 19.1. The topological polar surface area (TPSA) is 100 Å². The first-order chi connectivity index (χ1) is 14.4. The summed E-state index contributed by atoms with van der Waals surface area (Å²) in [6.45, 7) is 2.46. The van der Waals surface area contributed by atoms with Crippen molar-refractivity contribution < 1.29 is 32.6 Å². The molecule has 4 rings (SSSR count). The molecule has 3 aliphatic rings. The number of benzene rings is 1. The highest BCUT2D eigenvalue weighted by Crippen LogP contribution is 2.34. The highest BCUT2D eigenvalue weighted by molar-refractivity contribution is 5.90. The third-order valence-corrected chi connectivity index (χ3v) is 5.34. The minimum absolute atomic E-state index is 0.0325. The molecule has 0 unspecified atom stereocenters. The molecule has 3 fully saturated rings. The van der Waals surface area contributed by atoms with E-state index in [1.54, 1.807) is 0 Å². The van der Waals surface area contributed by atoms with Gasteiger partial charge in [0, 0.05) is 25.1 Å². The molecule has 3 heterocycles. The molecule has 162 valence electrons. The summed E-state index contributed by atoms with van der Waals surface area (Å²) in [5, 5.41) is 5.27. The molecule has 9 nitrogen and oxygen atoms in total. The van der Waals surface area contributed by atoms with Gasteiger partial charge in [-0.05, 0) is 6.42 Å². The molecule has 1 aromatic rings. The molecule has 0 bridgehead atoms. The SMILES string of the molecule is CCCC(=O)NC[C@H]1CN(c2cc(F)c(N3C[C@@H]4OC(=O)N[C@@H]4C3)c(F)c2)C(=O)O1. The van der Waals surface area contributed by atoms with Crippen molar-refractivity contribution in [2.45, 2.75) is 38.0 Å². The van der Waals surface area contributed by atoms with Crippen LogP contribution in [0, 0.1) is 11.6 Å². The van der Waals surface area contributed by atoms with Gasteiger partial charge in [0.05, 0.1) is 31.4 Å². The molecule has 0 radical (unpaired) electrons. The normalized spacial score (nSPS) is 25.1. The lowest BCUT2D eigenvalue weighted by Gasteiger charge is -2.22. The lowest BCUT2D eigenvalue weighted by Crippen LogP contribution is -2.34. The second kappa shape index (κ2) is 7.96. The maximum atomic E-state index is 14.8. The molecule has 30 heavy (non-hydrogen) atoms. The van der Waals surface area contributed by atoms with Crippen LogP contribution in [0.3, 0.4) is 0 Å². The van der Waals surface area contributed by atoms with E-state index in [-0.39, 0.29) is 49.5 Å². The van der Waals surface area contributed by atoms with Gasteiger partial charge in [-0.1, -0.05) is 6.92 Å². The molecule has 3 aliphatic heterocycles. The summed E-state index contributed by atoms with van der Waals surface area (Å²) in [7, 11) is 0. The minimum Gasteiger partial charge on any atom is -0.442 e. The Morgan fingerprint density at radius 1 is 1.20 bits per heavy atom. The molecule has 3 saturated heterocycles. The van der Waals surface area contributed by atoms with E-state index in [9.17, 15) is 23.2 Å². The fourth-order valence-corrected chi connectivity index (χ4v) is 3.93. The first-order valence-electron chi connectivity index (χ1n) is 9.81. The zero-order valence-electron chi connectivity index (χ0n) is 16.3. The third-order valence-electron chi connectivity index (χ3n) is 5.34. The zero-order valence-corrected chi connectivity index (χ0v) is 16.3. The van der Waals surface area contributed by atoms with Crippen LogP contribution in [0.15, 0.2) is 12.1 Å². The fourth-order valence-electron chi connectivity index (χ4n) is 3.93. The van der Waals surface area contributed by atoms with E-state index in [2.05, 4.69) is 10.6 Å². The number of hydrogen-bond acceptors (Lipinski definition) is 6. The van der Waals surface area contributed by atoms with Crippen molar-refractivity contribution in [3.8, 4) is 0 Å². The van der Waals surface area contributed by atoms with Gasteiger partial charge < -0.3 is 25.0 Å². The fraction of sp³-hybridized carbons (Fsp3) is 0.526. The molecule has 3 atom stereocenters. The Morgan fingerprint density at radius 2 is 1.93 bits per heavy atom. The van der Waals surface area contributed by atoms with Crippen molar-refractivity contribution in [2.24, 2.45) is 0 Å². The largest absolute Gasteiger partial charge is 0.442 e. The minimum atomic E-state index is -0.830. The molecule has 2 N–H and O–H groups in total. The van der Waals surface area contributed by atoms with Crippen molar-refractivity contribution >= 4 is 29.5 Å². The van der Waals surface area contributed by atoms with Crippen molar-refractivity contribution in [3.05, 3.63) is 23.8 Å². The lowest BCUT2D eigenvalue weighted by atomic mass is 10.2. The number of ether oxygens (including phenoxy) is 2. The van der Waals surface area contributed by atoms with Crippen LogP contribution < -0.4 is 20.4 Å². The summed E-state index contributed by atoms with van der Waals surface area (Å²) in [4.78, 5) is 37.6. The van der Waals surface area contributed by atoms with E-state index in [0.717, 1.165) is 17.0 Å². The molecule has 0 aromatic heterocycles. The number of anilines is 2. The monoisotopic (exact) mass is 424 g/mol. The van der Waals surface area contributed by atoms with Crippen LogP contribution in [0.1, 0.15) is 19.8 Å². The number of halogens is 2. The Labute approximate surface area is 171 Å². The van der Waals surface area contributed by atoms with Crippen LogP contribution in [-0.4, -0.2) is 62.5 Å². The molecule has 0 saturated carbocycles. The number of nitrogens with zero attached hydrogens (tertiary/aromatic N) is 2. The Kier molecular flexibility index (Phi) is 5.35. The van der Waals surface area contributed by atoms with Gasteiger partial charge in [0.2, 0.25) is 5.91 Å². The van der Waals surface area contributed by atoms with Gasteiger partial charge in [-0.25, -0.2) is 18.4 Å². The van der Waals surface area contributed by atoms with E-state index in [1.165, 1.54) is 4.90 Å². The Balaban J connectivity index is 1.44. The molecular weight excluding hydrogens is 402 g/mol. The van der Waals surface area contributed by atoms with E-state index in [4.69, 9.17) is 9.47 Å². The maximum absolute atomic E-state index is 14.8. The van der Waals surface area contributed by atoms with E-state index >= 15 is 0 Å². The van der Waals surface area contributed by atoms with Gasteiger partial charge >= 0.3 is 12.2 Å². The molecule has 1 aromatic carbocycles. The summed E-state index contributed by atoms with van der Waals surface area (Å²) in [5.41, 5.74) is -0.202. The van der Waals surface area contributed by atoms with Gasteiger partial charge in [0.1, 0.15) is 17.9 Å². The van der Waals surface area contributed by atoms with Gasteiger partial charge in [-0.15, -0.1) is 0 Å². The second-order valence-corrected chi connectivity index (χ2v) is 7.53. The number of carbonyl (C=O) groups excluding carboxylic acids is 3. The molecule has 3 amide bonds. The quantitative estimate of drug-likeness (QED) is 0.718. The standard InChI is InChI=1S/C19H22F2N4O5/c1-2-3-16(26)22-6-11-7-25(19(28)29-11)10-4-12(20)17(13(21)5-10)24-8-14-15(9-24)30-18(27)23-14/h4-5,11,14-15H,2-3,6-9H2,1H3,(H,22,26)(H,23,27)/t11-,14+,15-/m0/s1. The average Bonchev–Trinajstić information content (AvgIpc) is 3.32. The lowest BCUT2D eigenvalue weighted by molar-refractivity contribution is -0.121. The predicted molar refractivity (Wildman–Crippen MR) is 101 cm³/mol.